The van der Waals surface area contributed by atoms with E-state index >= 15 is 0 Å². The predicted molar refractivity (Wildman–Crippen MR) is 70.3 cm³/mol. The molecule has 1 N–H and O–H groups in total. The minimum absolute atomic E-state index is 0.103. The Balaban J connectivity index is 1.94. The summed E-state index contributed by atoms with van der Waals surface area (Å²) >= 11 is 3.44. The molecule has 1 aromatic rings. The van der Waals surface area contributed by atoms with Gasteiger partial charge in [0.25, 0.3) is 0 Å². The van der Waals surface area contributed by atoms with Crippen LogP contribution in [0.4, 0.5) is 0 Å². The van der Waals surface area contributed by atoms with Gasteiger partial charge in [0, 0.05) is 18.8 Å². The van der Waals surface area contributed by atoms with Gasteiger partial charge in [0.15, 0.2) is 11.5 Å². The second-order valence-electron chi connectivity index (χ2n) is 4.60. The second-order valence-corrected chi connectivity index (χ2v) is 5.46. The summed E-state index contributed by atoms with van der Waals surface area (Å²) in [5.41, 5.74) is 0.916. The van der Waals surface area contributed by atoms with Crippen LogP contribution in [0.15, 0.2) is 16.6 Å². The Morgan fingerprint density at radius 3 is 2.53 bits per heavy atom. The van der Waals surface area contributed by atoms with Gasteiger partial charge in [-0.25, -0.2) is 0 Å². The molecule has 2 aliphatic rings. The average molecular weight is 326 g/mol. The van der Waals surface area contributed by atoms with Gasteiger partial charge in [-0.3, -0.25) is 14.9 Å². The third kappa shape index (κ3) is 2.45. The van der Waals surface area contributed by atoms with Gasteiger partial charge < -0.3 is 9.47 Å². The maximum absolute atomic E-state index is 11.4. The number of halogens is 1. The van der Waals surface area contributed by atoms with Crippen LogP contribution in [0.5, 0.6) is 11.5 Å². The monoisotopic (exact) mass is 325 g/mol. The topological polar surface area (TPSA) is 64.6 Å². The minimum atomic E-state index is -0.229. The Bertz CT molecular complexity index is 542. The van der Waals surface area contributed by atoms with Crippen LogP contribution in [-0.2, 0) is 9.59 Å². The van der Waals surface area contributed by atoms with E-state index in [9.17, 15) is 9.59 Å². The van der Waals surface area contributed by atoms with Gasteiger partial charge in [-0.05, 0) is 33.6 Å². The van der Waals surface area contributed by atoms with Crippen LogP contribution in [-0.4, -0.2) is 25.0 Å². The lowest BCUT2D eigenvalue weighted by Crippen LogP contribution is -2.37. The largest absolute Gasteiger partial charge is 0.486 e. The number of benzene rings is 1. The number of nitrogens with one attached hydrogen (secondary N) is 1. The Morgan fingerprint density at radius 2 is 1.79 bits per heavy atom. The molecule has 0 unspecified atom stereocenters. The molecule has 0 spiro atoms. The number of amides is 2. The first-order valence-electron chi connectivity index (χ1n) is 6.05. The summed E-state index contributed by atoms with van der Waals surface area (Å²) in [5, 5.41) is 2.31. The normalized spacial score (nSPS) is 19.2. The third-order valence-electron chi connectivity index (χ3n) is 3.23. The van der Waals surface area contributed by atoms with Crippen LogP contribution in [0.1, 0.15) is 24.3 Å². The quantitative estimate of drug-likeness (QED) is 0.799. The van der Waals surface area contributed by atoms with Crippen LogP contribution in [0.2, 0.25) is 0 Å². The molecule has 5 nitrogen and oxygen atoms in total. The molecular weight excluding hydrogens is 314 g/mol. The van der Waals surface area contributed by atoms with Gasteiger partial charge in [-0.1, -0.05) is 0 Å². The fraction of sp³-hybridized carbons (Fsp3) is 0.385. The van der Waals surface area contributed by atoms with Crippen LogP contribution in [0.25, 0.3) is 0 Å². The summed E-state index contributed by atoms with van der Waals surface area (Å²) in [4.78, 5) is 22.9. The number of carbonyl (C=O) groups excluding carboxylic acids is 2. The van der Waals surface area contributed by atoms with Gasteiger partial charge in [0.2, 0.25) is 11.8 Å². The van der Waals surface area contributed by atoms with Crippen molar-refractivity contribution < 1.29 is 19.1 Å². The summed E-state index contributed by atoms with van der Waals surface area (Å²) in [7, 11) is 0. The average Bonchev–Trinajstić information content (AvgIpc) is 2.37. The van der Waals surface area contributed by atoms with E-state index in [2.05, 4.69) is 21.2 Å². The highest BCUT2D eigenvalue weighted by Gasteiger charge is 2.28. The molecule has 100 valence electrons. The molecule has 0 bridgehead atoms. The fourth-order valence-electron chi connectivity index (χ4n) is 2.38. The highest BCUT2D eigenvalue weighted by molar-refractivity contribution is 9.10. The molecule has 2 amide bonds. The number of piperidine rings is 1. The molecule has 2 heterocycles. The van der Waals surface area contributed by atoms with Crippen LogP contribution in [0, 0.1) is 0 Å². The Morgan fingerprint density at radius 1 is 1.11 bits per heavy atom. The number of imide groups is 1. The molecule has 0 aliphatic carbocycles. The molecule has 0 saturated carbocycles. The molecule has 3 rings (SSSR count). The number of fused-ring (bicyclic) bond motifs is 1. The van der Waals surface area contributed by atoms with Crippen LogP contribution < -0.4 is 14.8 Å². The predicted octanol–water partition coefficient (Wildman–Crippen LogP) is 1.74. The number of hydrogen-bond donors (Lipinski definition) is 1. The van der Waals surface area contributed by atoms with Crippen LogP contribution >= 0.6 is 15.9 Å². The van der Waals surface area contributed by atoms with Gasteiger partial charge in [0.05, 0.1) is 4.47 Å². The fourth-order valence-corrected chi connectivity index (χ4v) is 2.95. The lowest BCUT2D eigenvalue weighted by molar-refractivity contribution is -0.133. The summed E-state index contributed by atoms with van der Waals surface area (Å²) < 4.78 is 11.9. The van der Waals surface area contributed by atoms with E-state index in [-0.39, 0.29) is 17.7 Å². The van der Waals surface area contributed by atoms with Crippen molar-refractivity contribution in [3.63, 3.8) is 0 Å². The van der Waals surface area contributed by atoms with E-state index in [1.165, 1.54) is 0 Å². The standard InChI is InChI=1S/C13H12BrNO4/c14-9-3-7(4-10-13(9)19-2-1-18-10)8-5-11(16)15-12(17)6-8/h3-4,8H,1-2,5-6H2,(H,15,16,17). The number of rotatable bonds is 1. The zero-order valence-corrected chi connectivity index (χ0v) is 11.7. The number of hydrogen-bond acceptors (Lipinski definition) is 4. The second kappa shape index (κ2) is 4.85. The lowest BCUT2D eigenvalue weighted by Gasteiger charge is -2.25. The first-order chi connectivity index (χ1) is 9.13. The first kappa shape index (κ1) is 12.5. The highest BCUT2D eigenvalue weighted by Crippen LogP contribution is 2.41. The molecule has 19 heavy (non-hydrogen) atoms. The Labute approximate surface area is 118 Å². The summed E-state index contributed by atoms with van der Waals surface area (Å²) in [6.07, 6.45) is 0.635. The highest BCUT2D eigenvalue weighted by atomic mass is 79.9. The Hall–Kier alpha value is -1.56. The van der Waals surface area contributed by atoms with Crippen molar-refractivity contribution in [1.82, 2.24) is 5.32 Å². The molecular formula is C13H12BrNO4. The maximum Gasteiger partial charge on any atom is 0.227 e. The third-order valence-corrected chi connectivity index (χ3v) is 3.82. The van der Waals surface area contributed by atoms with E-state index in [1.54, 1.807) is 0 Å². The van der Waals surface area contributed by atoms with Crippen molar-refractivity contribution in [1.29, 1.82) is 0 Å². The van der Waals surface area contributed by atoms with E-state index in [1.807, 2.05) is 12.1 Å². The lowest BCUT2D eigenvalue weighted by atomic mass is 9.89. The van der Waals surface area contributed by atoms with Gasteiger partial charge in [-0.2, -0.15) is 0 Å². The first-order valence-corrected chi connectivity index (χ1v) is 6.84. The van der Waals surface area contributed by atoms with E-state index in [0.717, 1.165) is 10.0 Å². The van der Waals surface area contributed by atoms with Gasteiger partial charge in [0.1, 0.15) is 13.2 Å². The molecule has 2 aliphatic heterocycles. The van der Waals surface area contributed by atoms with Crippen molar-refractivity contribution in [3.8, 4) is 11.5 Å². The Kier molecular flexibility index (Phi) is 3.18. The van der Waals surface area contributed by atoms with E-state index < -0.39 is 0 Å². The zero-order chi connectivity index (χ0) is 13.4. The molecule has 0 radical (unpaired) electrons. The minimum Gasteiger partial charge on any atom is -0.486 e. The van der Waals surface area contributed by atoms with Crippen molar-refractivity contribution in [2.45, 2.75) is 18.8 Å². The number of carbonyl (C=O) groups is 2. The molecule has 1 fully saturated rings. The zero-order valence-electron chi connectivity index (χ0n) is 10.1. The van der Waals surface area contributed by atoms with Gasteiger partial charge in [-0.15, -0.1) is 0 Å². The van der Waals surface area contributed by atoms with Gasteiger partial charge >= 0.3 is 0 Å². The summed E-state index contributed by atoms with van der Waals surface area (Å²) in [6.45, 7) is 1.03. The van der Waals surface area contributed by atoms with Crippen LogP contribution in [0.3, 0.4) is 0 Å². The molecule has 1 saturated heterocycles. The number of ether oxygens (including phenoxy) is 2. The van der Waals surface area contributed by atoms with Crippen molar-refractivity contribution in [2.24, 2.45) is 0 Å². The maximum atomic E-state index is 11.4. The smallest absolute Gasteiger partial charge is 0.227 e. The molecule has 0 atom stereocenters. The SMILES string of the molecule is O=C1CC(c2cc(Br)c3c(c2)OCCO3)CC(=O)N1. The summed E-state index contributed by atoms with van der Waals surface area (Å²) in [5.74, 6) is 0.781. The van der Waals surface area contributed by atoms with E-state index in [0.29, 0.717) is 37.6 Å². The van der Waals surface area contributed by atoms with Crippen molar-refractivity contribution in [3.05, 3.63) is 22.2 Å². The molecule has 6 heteroatoms. The van der Waals surface area contributed by atoms with Crippen molar-refractivity contribution in [2.75, 3.05) is 13.2 Å². The van der Waals surface area contributed by atoms with Crippen molar-refractivity contribution >= 4 is 27.7 Å². The molecule has 1 aromatic carbocycles. The van der Waals surface area contributed by atoms with E-state index in [4.69, 9.17) is 9.47 Å². The molecule has 0 aromatic heterocycles. The summed E-state index contributed by atoms with van der Waals surface area (Å²) in [6, 6.07) is 3.75.